The molecule has 2 aromatic heterocycles. The summed E-state index contributed by atoms with van der Waals surface area (Å²) < 4.78 is 7.03. The highest BCUT2D eigenvalue weighted by molar-refractivity contribution is 7.13. The van der Waals surface area contributed by atoms with Crippen molar-refractivity contribution in [2.24, 2.45) is 0 Å². The fraction of sp³-hybridized carbons (Fsp3) is 0.0909. The molecule has 150 valence electrons. The zero-order valence-electron chi connectivity index (χ0n) is 16.2. The standard InChI is InChI=1S/C22H18N4O3S/c1-3-10-29-17-7-8-19-18(13-17)21(28)26(14(2)24-19)16-6-4-5-15(12-16)20(27)25-22-23-9-11-30-22/h3-9,11-13H,1,10H2,2H3,(H,23,25,27). The van der Waals surface area contributed by atoms with Crippen molar-refractivity contribution in [3.63, 3.8) is 0 Å². The molecule has 4 aromatic rings. The molecule has 30 heavy (non-hydrogen) atoms. The Kier molecular flexibility index (Phi) is 5.40. The maximum atomic E-state index is 13.3. The number of benzene rings is 2. The predicted molar refractivity (Wildman–Crippen MR) is 118 cm³/mol. The van der Waals surface area contributed by atoms with Crippen molar-refractivity contribution in [2.75, 3.05) is 11.9 Å². The summed E-state index contributed by atoms with van der Waals surface area (Å²) in [5.74, 6) is 0.782. The fourth-order valence-electron chi connectivity index (χ4n) is 3.07. The average molecular weight is 418 g/mol. The van der Waals surface area contributed by atoms with Crippen molar-refractivity contribution < 1.29 is 9.53 Å². The van der Waals surface area contributed by atoms with Crippen LogP contribution in [0, 0.1) is 6.92 Å². The molecule has 0 aliphatic rings. The highest BCUT2D eigenvalue weighted by Gasteiger charge is 2.14. The molecule has 0 spiro atoms. The van der Waals surface area contributed by atoms with Gasteiger partial charge in [0.15, 0.2) is 5.13 Å². The number of hydrogen-bond donors (Lipinski definition) is 1. The van der Waals surface area contributed by atoms with Crippen LogP contribution in [0.15, 0.2) is 71.5 Å². The highest BCUT2D eigenvalue weighted by atomic mass is 32.1. The van der Waals surface area contributed by atoms with E-state index in [2.05, 4.69) is 21.9 Å². The summed E-state index contributed by atoms with van der Waals surface area (Å²) in [6.45, 7) is 5.73. The number of hydrogen-bond acceptors (Lipinski definition) is 6. The number of aromatic nitrogens is 3. The summed E-state index contributed by atoms with van der Waals surface area (Å²) in [7, 11) is 0. The van der Waals surface area contributed by atoms with Crippen LogP contribution in [0.2, 0.25) is 0 Å². The molecule has 0 fully saturated rings. The van der Waals surface area contributed by atoms with E-state index in [4.69, 9.17) is 4.74 Å². The van der Waals surface area contributed by atoms with Gasteiger partial charge in [0.05, 0.1) is 16.6 Å². The van der Waals surface area contributed by atoms with Gasteiger partial charge in [0, 0.05) is 17.1 Å². The van der Waals surface area contributed by atoms with Crippen LogP contribution in [0.3, 0.4) is 0 Å². The second-order valence-corrected chi connectivity index (χ2v) is 7.31. The van der Waals surface area contributed by atoms with E-state index >= 15 is 0 Å². The molecule has 1 N–H and O–H groups in total. The Morgan fingerprint density at radius 2 is 2.17 bits per heavy atom. The minimum atomic E-state index is -0.300. The summed E-state index contributed by atoms with van der Waals surface area (Å²) in [5, 5.41) is 5.47. The van der Waals surface area contributed by atoms with E-state index in [1.807, 2.05) is 0 Å². The minimum Gasteiger partial charge on any atom is -0.490 e. The molecule has 0 saturated heterocycles. The molecule has 0 bridgehead atoms. The number of nitrogens with zero attached hydrogens (tertiary/aromatic N) is 3. The summed E-state index contributed by atoms with van der Waals surface area (Å²) in [5.41, 5.74) is 1.31. The highest BCUT2D eigenvalue weighted by Crippen LogP contribution is 2.20. The molecule has 0 saturated carbocycles. The average Bonchev–Trinajstić information content (AvgIpc) is 3.26. The van der Waals surface area contributed by atoms with Gasteiger partial charge in [0.1, 0.15) is 18.2 Å². The van der Waals surface area contributed by atoms with Crippen molar-refractivity contribution >= 4 is 33.3 Å². The van der Waals surface area contributed by atoms with Gasteiger partial charge in [-0.25, -0.2) is 9.97 Å². The third kappa shape index (κ3) is 3.85. The number of carbonyl (C=O) groups excluding carboxylic acids is 1. The lowest BCUT2D eigenvalue weighted by Crippen LogP contribution is -2.23. The third-order valence-corrected chi connectivity index (χ3v) is 5.08. The van der Waals surface area contributed by atoms with E-state index in [-0.39, 0.29) is 11.5 Å². The van der Waals surface area contributed by atoms with Gasteiger partial charge in [0.25, 0.3) is 11.5 Å². The lowest BCUT2D eigenvalue weighted by Gasteiger charge is -2.13. The van der Waals surface area contributed by atoms with Gasteiger partial charge in [-0.05, 0) is 43.3 Å². The van der Waals surface area contributed by atoms with Gasteiger partial charge in [0.2, 0.25) is 0 Å². The van der Waals surface area contributed by atoms with E-state index in [1.54, 1.807) is 67.0 Å². The van der Waals surface area contributed by atoms with Gasteiger partial charge in [-0.1, -0.05) is 18.7 Å². The van der Waals surface area contributed by atoms with E-state index in [0.29, 0.717) is 45.5 Å². The molecule has 0 unspecified atom stereocenters. The van der Waals surface area contributed by atoms with E-state index in [9.17, 15) is 9.59 Å². The monoisotopic (exact) mass is 418 g/mol. The number of aryl methyl sites for hydroxylation is 1. The third-order valence-electron chi connectivity index (χ3n) is 4.39. The van der Waals surface area contributed by atoms with Gasteiger partial charge in [-0.2, -0.15) is 0 Å². The van der Waals surface area contributed by atoms with E-state index in [1.165, 1.54) is 15.9 Å². The lowest BCUT2D eigenvalue weighted by molar-refractivity contribution is 0.102. The molecular formula is C22H18N4O3S. The first-order valence-electron chi connectivity index (χ1n) is 9.15. The second kappa shape index (κ2) is 8.30. The van der Waals surface area contributed by atoms with Crippen LogP contribution in [-0.4, -0.2) is 27.0 Å². The molecule has 1 amide bonds. The number of anilines is 1. The number of ether oxygens (including phenoxy) is 1. The van der Waals surface area contributed by atoms with E-state index in [0.717, 1.165) is 0 Å². The SMILES string of the molecule is C=CCOc1ccc2nc(C)n(-c3cccc(C(=O)Nc4nccs4)c3)c(=O)c2c1. The Hall–Kier alpha value is -3.78. The number of nitrogens with one attached hydrogen (secondary N) is 1. The first-order chi connectivity index (χ1) is 14.6. The maximum absolute atomic E-state index is 13.3. The number of carbonyl (C=O) groups is 1. The maximum Gasteiger partial charge on any atom is 0.266 e. The Morgan fingerprint density at radius 3 is 2.93 bits per heavy atom. The molecule has 0 atom stereocenters. The largest absolute Gasteiger partial charge is 0.490 e. The molecule has 8 heteroatoms. The molecule has 2 aromatic carbocycles. The van der Waals surface area contributed by atoms with Gasteiger partial charge in [-0.3, -0.25) is 19.5 Å². The van der Waals surface area contributed by atoms with Gasteiger partial charge >= 0.3 is 0 Å². The summed E-state index contributed by atoms with van der Waals surface area (Å²) in [6, 6.07) is 12.0. The topological polar surface area (TPSA) is 86.1 Å². The number of amides is 1. The molecule has 0 aliphatic carbocycles. The number of thiazole rings is 1. The summed E-state index contributed by atoms with van der Waals surface area (Å²) in [6.07, 6.45) is 3.26. The van der Waals surface area contributed by atoms with Gasteiger partial charge in [-0.15, -0.1) is 11.3 Å². The Bertz CT molecular complexity index is 1300. The Balaban J connectivity index is 1.76. The molecule has 0 aliphatic heterocycles. The molecule has 7 nitrogen and oxygen atoms in total. The summed E-state index contributed by atoms with van der Waals surface area (Å²) >= 11 is 1.33. The van der Waals surface area contributed by atoms with Crippen molar-refractivity contribution in [3.05, 3.63) is 88.4 Å². The molecule has 0 radical (unpaired) electrons. The van der Waals surface area contributed by atoms with Crippen molar-refractivity contribution in [3.8, 4) is 11.4 Å². The zero-order valence-corrected chi connectivity index (χ0v) is 17.0. The quantitative estimate of drug-likeness (QED) is 0.479. The Morgan fingerprint density at radius 1 is 1.30 bits per heavy atom. The first kappa shape index (κ1) is 19.5. The van der Waals surface area contributed by atoms with Crippen LogP contribution in [-0.2, 0) is 0 Å². The van der Waals surface area contributed by atoms with Crippen LogP contribution in [0.4, 0.5) is 5.13 Å². The molecule has 4 rings (SSSR count). The lowest BCUT2D eigenvalue weighted by atomic mass is 10.1. The van der Waals surface area contributed by atoms with E-state index < -0.39 is 0 Å². The number of rotatable bonds is 6. The van der Waals surface area contributed by atoms with Crippen molar-refractivity contribution in [1.82, 2.24) is 14.5 Å². The predicted octanol–water partition coefficient (Wildman–Crippen LogP) is 3.97. The molecular weight excluding hydrogens is 400 g/mol. The smallest absolute Gasteiger partial charge is 0.266 e. The zero-order chi connectivity index (χ0) is 21.1. The second-order valence-electron chi connectivity index (χ2n) is 6.42. The number of fused-ring (bicyclic) bond motifs is 1. The van der Waals surface area contributed by atoms with Crippen LogP contribution >= 0.6 is 11.3 Å². The Labute approximate surface area is 176 Å². The van der Waals surface area contributed by atoms with Crippen LogP contribution < -0.4 is 15.6 Å². The first-order valence-corrected chi connectivity index (χ1v) is 10.0. The van der Waals surface area contributed by atoms with Crippen LogP contribution in [0.25, 0.3) is 16.6 Å². The van der Waals surface area contributed by atoms with Crippen LogP contribution in [0.5, 0.6) is 5.75 Å². The van der Waals surface area contributed by atoms with Gasteiger partial charge < -0.3 is 4.74 Å². The summed E-state index contributed by atoms with van der Waals surface area (Å²) in [4.78, 5) is 34.4. The minimum absolute atomic E-state index is 0.237. The molecule has 2 heterocycles. The van der Waals surface area contributed by atoms with Crippen molar-refractivity contribution in [2.45, 2.75) is 6.92 Å². The van der Waals surface area contributed by atoms with Crippen molar-refractivity contribution in [1.29, 1.82) is 0 Å². The van der Waals surface area contributed by atoms with Crippen LogP contribution in [0.1, 0.15) is 16.2 Å². The normalized spacial score (nSPS) is 10.7. The fourth-order valence-corrected chi connectivity index (χ4v) is 3.59.